The van der Waals surface area contributed by atoms with E-state index in [1.807, 2.05) is 0 Å². The number of hydrogen-bond acceptors (Lipinski definition) is 0. The Morgan fingerprint density at radius 1 is 0.136 bits per heavy atom. The first kappa shape index (κ1) is 88.1. The van der Waals surface area contributed by atoms with Gasteiger partial charge in [0.15, 0.2) is 0 Å². The molecule has 0 fully saturated rings. The Morgan fingerprint density at radius 3 is 0.247 bits per heavy atom. The summed E-state index contributed by atoms with van der Waals surface area (Å²) < 4.78 is 0. The van der Waals surface area contributed by atoms with E-state index >= 15 is 0 Å². The van der Waals surface area contributed by atoms with Gasteiger partial charge in [-0.05, 0) is 0 Å². The molecule has 0 aromatic heterocycles. The molecule has 0 rings (SSSR count). The normalized spacial score (nSPS) is 12.9. The SMILES string of the molecule is CCCC[Si](CCCC)(CCCC)[C-]([Si](CCCC)(CCCC)CCCC)[Si](CCCC)(CCCC)CCCC.CCCC[Si](CCCC)(CCCC)[C-]([Si](CCCC)(CCCC)CCCC)[Si](CCCC)(CCCC)CCCC.[Eu+2]. The van der Waals surface area contributed by atoms with Crippen LogP contribution in [0.15, 0.2) is 0 Å². The second kappa shape index (κ2) is 56.8. The summed E-state index contributed by atoms with van der Waals surface area (Å²) in [5.74, 6) is 0. The van der Waals surface area contributed by atoms with Gasteiger partial charge in [0.05, 0.1) is 0 Å². The third-order valence-electron chi connectivity index (χ3n) is 21.3. The van der Waals surface area contributed by atoms with Crippen molar-refractivity contribution in [2.45, 2.75) is 465 Å². The van der Waals surface area contributed by atoms with Crippen molar-refractivity contribution in [1.29, 1.82) is 0 Å². The summed E-state index contributed by atoms with van der Waals surface area (Å²) in [7, 11) is -9.11. The monoisotopic (exact) mass is 1370 g/mol. The van der Waals surface area contributed by atoms with Gasteiger partial charge in [0, 0.05) is 0 Å². The summed E-state index contributed by atoms with van der Waals surface area (Å²) in [4.78, 5) is 5.27. The van der Waals surface area contributed by atoms with Gasteiger partial charge in [-0.2, -0.15) is 0 Å². The van der Waals surface area contributed by atoms with Crippen LogP contribution in [0.1, 0.15) is 356 Å². The third kappa shape index (κ3) is 32.6. The predicted octanol–water partition coefficient (Wildman–Crippen LogP) is 29.5. The molecule has 0 saturated carbocycles. The molecule has 0 unspecified atom stereocenters. The Labute approximate surface area is 566 Å². The zero-order chi connectivity index (χ0) is 60.3. The van der Waals surface area contributed by atoms with Crippen molar-refractivity contribution in [3.8, 4) is 0 Å². The zero-order valence-corrected chi connectivity index (χ0v) is 69.0. The van der Waals surface area contributed by atoms with Crippen molar-refractivity contribution in [3.05, 3.63) is 9.58 Å². The molecule has 0 nitrogen and oxygen atoms in total. The van der Waals surface area contributed by atoms with Crippen molar-refractivity contribution in [2.75, 3.05) is 0 Å². The summed E-state index contributed by atoms with van der Waals surface area (Å²) in [6, 6.07) is 30.2. The van der Waals surface area contributed by atoms with Crippen molar-refractivity contribution >= 4 is 48.4 Å². The molecule has 0 saturated heterocycles. The van der Waals surface area contributed by atoms with Gasteiger partial charge in [-0.25, -0.2) is 0 Å². The molecular formula is C74H162EuSi6. The van der Waals surface area contributed by atoms with Crippen molar-refractivity contribution < 1.29 is 49.4 Å². The Bertz CT molecular complexity index is 912. The number of hydrogen-bond donors (Lipinski definition) is 0. The molecule has 1 radical (unpaired) electrons. The van der Waals surface area contributed by atoms with E-state index in [2.05, 4.69) is 134 Å². The number of unbranched alkanes of at least 4 members (excludes halogenated alkanes) is 18. The van der Waals surface area contributed by atoms with Crippen LogP contribution in [-0.4, -0.2) is 48.4 Å². The maximum Gasteiger partial charge on any atom is 2.00 e. The van der Waals surface area contributed by atoms with Gasteiger partial charge in [-0.1, -0.05) is 513 Å². The molecule has 7 heteroatoms. The Morgan fingerprint density at radius 2 is 0.198 bits per heavy atom. The second-order valence-electron chi connectivity index (χ2n) is 28.3. The van der Waals surface area contributed by atoms with Crippen LogP contribution in [-0.2, 0) is 0 Å². The maximum atomic E-state index is 2.63. The van der Waals surface area contributed by atoms with Crippen molar-refractivity contribution in [2.24, 2.45) is 0 Å². The van der Waals surface area contributed by atoms with Gasteiger partial charge in [-0.3, -0.25) is 0 Å². The fourth-order valence-corrected chi connectivity index (χ4v) is 85.2. The van der Waals surface area contributed by atoms with E-state index in [1.165, 1.54) is 231 Å². The van der Waals surface area contributed by atoms with Crippen LogP contribution in [0.2, 0.25) is 109 Å². The zero-order valence-electron chi connectivity index (χ0n) is 60.6. The van der Waals surface area contributed by atoms with Gasteiger partial charge >= 0.3 is 49.4 Å². The summed E-state index contributed by atoms with van der Waals surface area (Å²) >= 11 is 0. The predicted molar refractivity (Wildman–Crippen MR) is 396 cm³/mol. The van der Waals surface area contributed by atoms with Crippen molar-refractivity contribution in [1.82, 2.24) is 0 Å². The van der Waals surface area contributed by atoms with E-state index in [1.54, 1.807) is 109 Å². The van der Waals surface area contributed by atoms with Crippen LogP contribution in [0, 0.1) is 59.0 Å². The van der Waals surface area contributed by atoms with Gasteiger partial charge in [0.2, 0.25) is 0 Å². The minimum absolute atomic E-state index is 0. The first-order valence-corrected chi connectivity index (χ1v) is 54.3. The second-order valence-corrected chi connectivity index (χ2v) is 58.7. The van der Waals surface area contributed by atoms with Crippen LogP contribution in [0.4, 0.5) is 0 Å². The molecule has 489 valence electrons. The quantitative estimate of drug-likeness (QED) is 0.0421. The van der Waals surface area contributed by atoms with E-state index in [-0.39, 0.29) is 49.4 Å². The third-order valence-corrected chi connectivity index (χ3v) is 70.4. The molecule has 0 atom stereocenters. The molecule has 0 aliphatic rings. The molecule has 0 aliphatic carbocycles. The van der Waals surface area contributed by atoms with Crippen LogP contribution >= 0.6 is 0 Å². The average molecular weight is 1370 g/mol. The van der Waals surface area contributed by atoms with Crippen LogP contribution in [0.3, 0.4) is 0 Å². The summed E-state index contributed by atoms with van der Waals surface area (Å²) in [6.07, 6.45) is 53.1. The van der Waals surface area contributed by atoms with Gasteiger partial charge in [-0.15, -0.1) is 0 Å². The summed E-state index contributed by atoms with van der Waals surface area (Å²) in [6.45, 7) is 45.1. The molecule has 0 N–H and O–H groups in total. The van der Waals surface area contributed by atoms with Gasteiger partial charge in [0.25, 0.3) is 0 Å². The van der Waals surface area contributed by atoms with Crippen LogP contribution in [0.25, 0.3) is 0 Å². The largest absolute Gasteiger partial charge is 2.00 e. The molecule has 0 heterocycles. The first-order valence-electron chi connectivity index (χ1n) is 38.6. The molecule has 0 amide bonds. The maximum absolute atomic E-state index is 2.63. The fourth-order valence-electron chi connectivity index (χ4n) is 17.1. The van der Waals surface area contributed by atoms with E-state index in [4.69, 9.17) is 0 Å². The molecule has 0 bridgehead atoms. The minimum atomic E-state index is -1.52. The van der Waals surface area contributed by atoms with E-state index in [0.717, 1.165) is 0 Å². The van der Waals surface area contributed by atoms with E-state index in [0.29, 0.717) is 0 Å². The van der Waals surface area contributed by atoms with Gasteiger partial charge in [0.1, 0.15) is 0 Å². The van der Waals surface area contributed by atoms with Gasteiger partial charge < -0.3 is 9.58 Å². The van der Waals surface area contributed by atoms with E-state index < -0.39 is 48.4 Å². The molecule has 0 spiro atoms. The molecule has 0 aromatic carbocycles. The van der Waals surface area contributed by atoms with Crippen molar-refractivity contribution in [3.63, 3.8) is 0 Å². The standard InChI is InChI=1S/2C37H81Si3.Eu/c2*1-10-19-28-38(29-20-11-2,30-21-12-3)37(39(31-22-13-4,32-23-14-5)33-24-15-6)40(34-25-16-7,35-26-17-8)36-27-18-9;/h2*10-36H2,1-9H3;/q2*-1;+2. The Hall–Kier alpha value is 2.89. The molecular weight excluding hydrogens is 1210 g/mol. The summed E-state index contributed by atoms with van der Waals surface area (Å²) in [5.41, 5.74) is 0. The molecule has 81 heavy (non-hydrogen) atoms. The fraction of sp³-hybridized carbons (Fsp3) is 0.973. The van der Waals surface area contributed by atoms with Crippen LogP contribution in [0.5, 0.6) is 0 Å². The topological polar surface area (TPSA) is 0 Å². The molecule has 0 aliphatic heterocycles. The van der Waals surface area contributed by atoms with Crippen LogP contribution < -0.4 is 0 Å². The van der Waals surface area contributed by atoms with E-state index in [9.17, 15) is 0 Å². The Balaban J connectivity index is -0.00000148. The average Bonchev–Trinajstić information content (AvgIpc) is 3.48. The number of rotatable bonds is 60. The molecule has 0 aromatic rings. The minimum Gasteiger partial charge on any atom is -0.309 e. The Kier molecular flexibility index (Phi) is 61.8. The summed E-state index contributed by atoms with van der Waals surface area (Å²) in [5, 5.41) is 0. The first-order chi connectivity index (χ1) is 38.8. The smallest absolute Gasteiger partial charge is 0.309 e.